The fourth-order valence-electron chi connectivity index (χ4n) is 5.40. The van der Waals surface area contributed by atoms with Crippen molar-refractivity contribution in [2.45, 2.75) is 115 Å². The fourth-order valence-corrected chi connectivity index (χ4v) is 16.8. The lowest BCUT2D eigenvalue weighted by Crippen LogP contribution is -2.67. The fraction of sp³-hybridized carbons (Fsp3) is 0.826. The largest absolute Gasteiger partial charge is 0.414 e. The van der Waals surface area contributed by atoms with Crippen LogP contribution in [0.5, 0.6) is 0 Å². The Balaban J connectivity index is 2.17. The van der Waals surface area contributed by atoms with E-state index in [1.807, 2.05) is 6.92 Å². The minimum atomic E-state index is -2.97. The van der Waals surface area contributed by atoms with Crippen molar-refractivity contribution in [3.8, 4) is 0 Å². The predicted octanol–water partition coefficient (Wildman–Crippen LogP) is 3.45. The van der Waals surface area contributed by atoms with Crippen molar-refractivity contribution in [1.82, 2.24) is 9.55 Å². The summed E-state index contributed by atoms with van der Waals surface area (Å²) in [5.74, 6) is 0. The van der Waals surface area contributed by atoms with Crippen molar-refractivity contribution in [1.29, 1.82) is 0 Å². The molecule has 0 radical (unpaired) electrons. The van der Waals surface area contributed by atoms with E-state index >= 15 is 0 Å². The van der Waals surface area contributed by atoms with Gasteiger partial charge in [-0.25, -0.2) is 4.79 Å². The standard InChI is InChI=1S/C23H42N2O7Si2/c1-13(2)33(14(3)4)29-12-23(10)19(31-34(32-33,15(5)6)16(7)8)18(26)21(30-23)25-11-17(9)20(27)24-22(25)28/h11,13-16,18-19,21,26H,12H2,1-10H3,(H,24,27,28)/t18-,19?,21+,23+/m0/s1. The lowest BCUT2D eigenvalue weighted by Gasteiger charge is -2.53. The summed E-state index contributed by atoms with van der Waals surface area (Å²) in [5.41, 5.74) is -1.24. The second-order valence-electron chi connectivity index (χ2n) is 11.3. The molecule has 2 saturated heterocycles. The molecular formula is C23H42N2O7Si2. The summed E-state index contributed by atoms with van der Waals surface area (Å²) in [6, 6.07) is 0. The summed E-state index contributed by atoms with van der Waals surface area (Å²) in [4.78, 5) is 26.8. The van der Waals surface area contributed by atoms with Gasteiger partial charge in [-0.3, -0.25) is 14.3 Å². The summed E-state index contributed by atoms with van der Waals surface area (Å²) in [5, 5.41) is 11.5. The monoisotopic (exact) mass is 514 g/mol. The van der Waals surface area contributed by atoms with Gasteiger partial charge in [-0.05, 0) is 36.0 Å². The van der Waals surface area contributed by atoms with Crippen LogP contribution < -0.4 is 11.2 Å². The van der Waals surface area contributed by atoms with E-state index in [0.29, 0.717) is 5.56 Å². The smallest absolute Gasteiger partial charge is 0.335 e. The third kappa shape index (κ3) is 4.33. The van der Waals surface area contributed by atoms with Gasteiger partial charge >= 0.3 is 22.8 Å². The zero-order valence-corrected chi connectivity index (χ0v) is 24.2. The molecule has 1 aromatic rings. The van der Waals surface area contributed by atoms with E-state index in [-0.39, 0.29) is 28.8 Å². The van der Waals surface area contributed by atoms with Crippen LogP contribution in [0.15, 0.2) is 15.8 Å². The maximum atomic E-state index is 12.6. The van der Waals surface area contributed by atoms with Crippen LogP contribution in [0.1, 0.15) is 74.1 Å². The molecular weight excluding hydrogens is 472 g/mol. The highest BCUT2D eigenvalue weighted by atomic mass is 28.5. The molecule has 0 spiro atoms. The van der Waals surface area contributed by atoms with Crippen molar-refractivity contribution < 1.29 is 22.8 Å². The highest BCUT2D eigenvalue weighted by molar-refractivity contribution is 6.84. The first-order valence-corrected chi connectivity index (χ1v) is 16.3. The molecule has 0 saturated carbocycles. The van der Waals surface area contributed by atoms with Gasteiger partial charge in [0.2, 0.25) is 0 Å². The normalized spacial score (nSPS) is 31.2. The molecule has 2 aliphatic rings. The Labute approximate surface area is 204 Å². The van der Waals surface area contributed by atoms with Crippen molar-refractivity contribution in [2.75, 3.05) is 6.61 Å². The second-order valence-corrected chi connectivity index (χ2v) is 20.1. The number of aryl methyl sites for hydroxylation is 1. The van der Waals surface area contributed by atoms with Crippen LogP contribution in [-0.2, 0) is 17.7 Å². The number of ether oxygens (including phenoxy) is 1. The number of aliphatic hydroxyl groups excluding tert-OH is 1. The minimum absolute atomic E-state index is 0.0899. The number of hydrogen-bond acceptors (Lipinski definition) is 7. The van der Waals surface area contributed by atoms with Gasteiger partial charge in [-0.15, -0.1) is 0 Å². The van der Waals surface area contributed by atoms with Gasteiger partial charge in [0, 0.05) is 11.8 Å². The Kier molecular flexibility index (Phi) is 7.62. The van der Waals surface area contributed by atoms with Gasteiger partial charge in [-0.1, -0.05) is 55.4 Å². The maximum Gasteiger partial charge on any atom is 0.335 e. The molecule has 1 unspecified atom stereocenters. The van der Waals surface area contributed by atoms with Crippen molar-refractivity contribution in [3.63, 3.8) is 0 Å². The lowest BCUT2D eigenvalue weighted by molar-refractivity contribution is -0.124. The lowest BCUT2D eigenvalue weighted by atomic mass is 9.99. The van der Waals surface area contributed by atoms with E-state index in [9.17, 15) is 14.7 Å². The molecule has 3 heterocycles. The molecule has 1 aromatic heterocycles. The highest BCUT2D eigenvalue weighted by Gasteiger charge is 2.64. The second kappa shape index (κ2) is 9.42. The number of fused-ring (bicyclic) bond motifs is 1. The number of H-pyrrole nitrogens is 1. The number of nitrogens with zero attached hydrogens (tertiary/aromatic N) is 1. The first kappa shape index (κ1) is 27.5. The third-order valence-electron chi connectivity index (χ3n) is 7.45. The zero-order valence-electron chi connectivity index (χ0n) is 22.2. The maximum absolute atomic E-state index is 12.6. The van der Waals surface area contributed by atoms with Gasteiger partial charge < -0.3 is 22.8 Å². The Morgan fingerprint density at radius 1 is 1.03 bits per heavy atom. The van der Waals surface area contributed by atoms with E-state index in [0.717, 1.165) is 0 Å². The van der Waals surface area contributed by atoms with Crippen LogP contribution in [0.25, 0.3) is 0 Å². The SMILES string of the molecule is Cc1cn([C@@H]2O[C@]3(C)CO[Si](C(C)C)(C(C)C)O[Si](C(C)C)(C(C)C)OC3[C@@H]2O)c(=O)[nH]c1=O. The van der Waals surface area contributed by atoms with Crippen molar-refractivity contribution >= 4 is 17.1 Å². The quantitative estimate of drug-likeness (QED) is 0.579. The highest BCUT2D eigenvalue weighted by Crippen LogP contribution is 2.50. The summed E-state index contributed by atoms with van der Waals surface area (Å²) in [6.45, 7) is 20.7. The molecule has 0 aliphatic carbocycles. The Bertz CT molecular complexity index is 990. The minimum Gasteiger partial charge on any atom is -0.414 e. The van der Waals surface area contributed by atoms with Crippen LogP contribution in [0.3, 0.4) is 0 Å². The van der Waals surface area contributed by atoms with Gasteiger partial charge in [0.05, 0.1) is 6.61 Å². The van der Waals surface area contributed by atoms with Gasteiger partial charge in [0.1, 0.15) is 17.8 Å². The summed E-state index contributed by atoms with van der Waals surface area (Å²) >= 11 is 0. The molecule has 34 heavy (non-hydrogen) atoms. The molecule has 0 aromatic carbocycles. The Morgan fingerprint density at radius 2 is 1.56 bits per heavy atom. The summed E-state index contributed by atoms with van der Waals surface area (Å²) in [7, 11) is -5.75. The third-order valence-corrected chi connectivity index (χ3v) is 17.7. The van der Waals surface area contributed by atoms with E-state index in [1.54, 1.807) is 6.92 Å². The summed E-state index contributed by atoms with van der Waals surface area (Å²) < 4.78 is 28.5. The van der Waals surface area contributed by atoms with Gasteiger partial charge in [0.15, 0.2) is 6.23 Å². The molecule has 3 rings (SSSR count). The number of aromatic amines is 1. The molecule has 2 aliphatic heterocycles. The van der Waals surface area contributed by atoms with Crippen molar-refractivity contribution in [2.24, 2.45) is 0 Å². The summed E-state index contributed by atoms with van der Waals surface area (Å²) in [6.07, 6.45) is -1.53. The molecule has 2 N–H and O–H groups in total. The van der Waals surface area contributed by atoms with E-state index in [2.05, 4.69) is 60.4 Å². The van der Waals surface area contributed by atoms with Crippen LogP contribution in [-0.4, -0.2) is 56.2 Å². The van der Waals surface area contributed by atoms with Crippen LogP contribution in [0.4, 0.5) is 0 Å². The number of rotatable bonds is 5. The number of nitrogens with one attached hydrogen (secondary N) is 1. The van der Waals surface area contributed by atoms with E-state index in [4.69, 9.17) is 17.7 Å². The molecule has 4 atom stereocenters. The van der Waals surface area contributed by atoms with Gasteiger partial charge in [0.25, 0.3) is 5.56 Å². The molecule has 0 amide bonds. The van der Waals surface area contributed by atoms with E-state index < -0.39 is 52.4 Å². The molecule has 0 bridgehead atoms. The number of hydrogen-bond donors (Lipinski definition) is 2. The van der Waals surface area contributed by atoms with Crippen LogP contribution >= 0.6 is 0 Å². The number of aromatic nitrogens is 2. The predicted molar refractivity (Wildman–Crippen MR) is 134 cm³/mol. The topological polar surface area (TPSA) is 112 Å². The average Bonchev–Trinajstić information content (AvgIpc) is 2.94. The molecule has 2 fully saturated rings. The first-order valence-electron chi connectivity index (χ1n) is 12.3. The molecule has 11 heteroatoms. The van der Waals surface area contributed by atoms with Gasteiger partial charge in [-0.2, -0.15) is 0 Å². The molecule has 9 nitrogen and oxygen atoms in total. The van der Waals surface area contributed by atoms with E-state index in [1.165, 1.54) is 10.8 Å². The first-order chi connectivity index (χ1) is 15.6. The number of aliphatic hydroxyl groups is 1. The van der Waals surface area contributed by atoms with Crippen molar-refractivity contribution in [3.05, 3.63) is 32.6 Å². The van der Waals surface area contributed by atoms with Crippen LogP contribution in [0.2, 0.25) is 22.2 Å². The zero-order chi connectivity index (χ0) is 25.8. The Hall–Kier alpha value is -1.09. The molecule has 194 valence electrons. The average molecular weight is 515 g/mol. The van der Waals surface area contributed by atoms with Crippen LogP contribution in [0, 0.1) is 6.92 Å². The Morgan fingerprint density at radius 3 is 2.06 bits per heavy atom.